The van der Waals surface area contributed by atoms with Gasteiger partial charge in [-0.25, -0.2) is 0 Å². The minimum atomic E-state index is -0.105. The molecule has 1 fully saturated rings. The molecule has 6 heteroatoms. The van der Waals surface area contributed by atoms with Gasteiger partial charge in [0.05, 0.1) is 21.3 Å². The summed E-state index contributed by atoms with van der Waals surface area (Å²) in [5, 5.41) is 0. The second-order valence-corrected chi connectivity index (χ2v) is 5.16. The van der Waals surface area contributed by atoms with E-state index < -0.39 is 0 Å². The number of benzene rings is 1. The summed E-state index contributed by atoms with van der Waals surface area (Å²) in [5.41, 5.74) is 0.765. The van der Waals surface area contributed by atoms with Gasteiger partial charge in [0.1, 0.15) is 5.78 Å². The van der Waals surface area contributed by atoms with E-state index in [-0.39, 0.29) is 11.7 Å². The van der Waals surface area contributed by atoms with Gasteiger partial charge < -0.3 is 19.1 Å². The maximum atomic E-state index is 12.2. The molecule has 1 aromatic carbocycles. The van der Waals surface area contributed by atoms with Gasteiger partial charge in [-0.2, -0.15) is 0 Å². The lowest BCUT2D eigenvalue weighted by Gasteiger charge is -2.24. The molecule has 0 bridgehead atoms. The van der Waals surface area contributed by atoms with Crippen molar-refractivity contribution in [2.24, 2.45) is 0 Å². The normalized spacial score (nSPS) is 14.9. The summed E-state index contributed by atoms with van der Waals surface area (Å²) in [4.78, 5) is 25.0. The summed E-state index contributed by atoms with van der Waals surface area (Å²) in [5.74, 6) is 1.67. The van der Waals surface area contributed by atoms with Crippen LogP contribution < -0.4 is 14.2 Å². The summed E-state index contributed by atoms with van der Waals surface area (Å²) in [6, 6.07) is 3.54. The first-order valence-corrected chi connectivity index (χ1v) is 7.37. The lowest BCUT2D eigenvalue weighted by Crippen LogP contribution is -2.37. The molecule has 1 heterocycles. The van der Waals surface area contributed by atoms with Crippen LogP contribution in [-0.4, -0.2) is 51.0 Å². The molecule has 0 unspecified atom stereocenters. The van der Waals surface area contributed by atoms with E-state index in [1.807, 2.05) is 0 Å². The lowest BCUT2D eigenvalue weighted by atomic mass is 10.1. The van der Waals surface area contributed by atoms with Crippen molar-refractivity contribution in [3.63, 3.8) is 0 Å². The first-order chi connectivity index (χ1) is 11.1. The number of carbonyl (C=O) groups is 2. The Morgan fingerprint density at radius 1 is 1.04 bits per heavy atom. The number of Topliss-reactive ketones (excluding diaryl/α,β-unsaturated/α-hetero) is 1. The zero-order valence-corrected chi connectivity index (χ0v) is 13.6. The molecule has 0 N–H and O–H groups in total. The number of rotatable bonds is 5. The molecule has 6 nitrogen and oxygen atoms in total. The van der Waals surface area contributed by atoms with Crippen LogP contribution in [0.3, 0.4) is 0 Å². The summed E-state index contributed by atoms with van der Waals surface area (Å²) in [6.45, 7) is 0.967. The van der Waals surface area contributed by atoms with Crippen molar-refractivity contribution < 1.29 is 23.8 Å². The van der Waals surface area contributed by atoms with E-state index in [0.29, 0.717) is 43.2 Å². The van der Waals surface area contributed by atoms with Crippen molar-refractivity contribution in [3.05, 3.63) is 23.8 Å². The SMILES string of the molecule is COc1cc(/C=C/C(=O)N2CCC(=O)CC2)cc(OC)c1OC. The second-order valence-electron chi connectivity index (χ2n) is 5.16. The van der Waals surface area contributed by atoms with Crippen LogP contribution in [0.25, 0.3) is 6.08 Å². The van der Waals surface area contributed by atoms with Gasteiger partial charge in [-0.3, -0.25) is 9.59 Å². The van der Waals surface area contributed by atoms with Gasteiger partial charge in [0, 0.05) is 32.0 Å². The van der Waals surface area contributed by atoms with Gasteiger partial charge in [-0.05, 0) is 23.8 Å². The van der Waals surface area contributed by atoms with E-state index in [0.717, 1.165) is 5.56 Å². The molecule has 0 spiro atoms. The van der Waals surface area contributed by atoms with Crippen molar-refractivity contribution in [2.75, 3.05) is 34.4 Å². The van der Waals surface area contributed by atoms with E-state index in [1.165, 1.54) is 13.2 Å². The third-order valence-corrected chi connectivity index (χ3v) is 3.74. The van der Waals surface area contributed by atoms with Crippen LogP contribution in [0.2, 0.25) is 0 Å². The topological polar surface area (TPSA) is 65.1 Å². The summed E-state index contributed by atoms with van der Waals surface area (Å²) in [6.07, 6.45) is 4.06. The fourth-order valence-electron chi connectivity index (χ4n) is 2.45. The third-order valence-electron chi connectivity index (χ3n) is 3.74. The smallest absolute Gasteiger partial charge is 0.246 e. The monoisotopic (exact) mass is 319 g/mol. The zero-order chi connectivity index (χ0) is 16.8. The number of methoxy groups -OCH3 is 3. The lowest BCUT2D eigenvalue weighted by molar-refractivity contribution is -0.130. The Morgan fingerprint density at radius 2 is 1.61 bits per heavy atom. The fourth-order valence-corrected chi connectivity index (χ4v) is 2.45. The maximum absolute atomic E-state index is 12.2. The summed E-state index contributed by atoms with van der Waals surface area (Å²) < 4.78 is 15.8. The van der Waals surface area contributed by atoms with Crippen LogP contribution in [0.4, 0.5) is 0 Å². The number of piperidine rings is 1. The Kier molecular flexibility index (Phi) is 5.62. The number of ether oxygens (including phenoxy) is 3. The van der Waals surface area contributed by atoms with Crippen molar-refractivity contribution >= 4 is 17.8 Å². The Balaban J connectivity index is 2.15. The van der Waals surface area contributed by atoms with Crippen LogP contribution in [-0.2, 0) is 9.59 Å². The summed E-state index contributed by atoms with van der Waals surface area (Å²) >= 11 is 0. The first-order valence-electron chi connectivity index (χ1n) is 7.37. The average molecular weight is 319 g/mol. The molecule has 0 aromatic heterocycles. The van der Waals surface area contributed by atoms with Crippen LogP contribution in [0.1, 0.15) is 18.4 Å². The van der Waals surface area contributed by atoms with Crippen molar-refractivity contribution in [1.82, 2.24) is 4.90 Å². The summed E-state index contributed by atoms with van der Waals surface area (Å²) in [7, 11) is 4.62. The number of hydrogen-bond donors (Lipinski definition) is 0. The number of amides is 1. The highest BCUT2D eigenvalue weighted by Crippen LogP contribution is 2.38. The first kappa shape index (κ1) is 16.9. The molecule has 0 radical (unpaired) electrons. The molecule has 1 aliphatic rings. The fraction of sp³-hybridized carbons (Fsp3) is 0.412. The molecule has 1 aliphatic heterocycles. The second kappa shape index (κ2) is 7.67. The van der Waals surface area contributed by atoms with Gasteiger partial charge in [-0.1, -0.05) is 0 Å². The van der Waals surface area contributed by atoms with Crippen molar-refractivity contribution in [3.8, 4) is 17.2 Å². The minimum Gasteiger partial charge on any atom is -0.493 e. The van der Waals surface area contributed by atoms with E-state index in [4.69, 9.17) is 14.2 Å². The maximum Gasteiger partial charge on any atom is 0.246 e. The van der Waals surface area contributed by atoms with E-state index in [1.54, 1.807) is 37.3 Å². The van der Waals surface area contributed by atoms with E-state index >= 15 is 0 Å². The van der Waals surface area contributed by atoms with Crippen LogP contribution >= 0.6 is 0 Å². The highest BCUT2D eigenvalue weighted by atomic mass is 16.5. The highest BCUT2D eigenvalue weighted by molar-refractivity contribution is 5.93. The number of likely N-dealkylation sites (tertiary alicyclic amines) is 1. The largest absolute Gasteiger partial charge is 0.493 e. The van der Waals surface area contributed by atoms with Crippen molar-refractivity contribution in [1.29, 1.82) is 0 Å². The molecule has 0 aliphatic carbocycles. The number of carbonyl (C=O) groups excluding carboxylic acids is 2. The quantitative estimate of drug-likeness (QED) is 0.776. The van der Waals surface area contributed by atoms with Crippen LogP contribution in [0, 0.1) is 0 Å². The van der Waals surface area contributed by atoms with Crippen molar-refractivity contribution in [2.45, 2.75) is 12.8 Å². The molecular formula is C17H21NO5. The predicted octanol–water partition coefficient (Wildman–Crippen LogP) is 1.92. The van der Waals surface area contributed by atoms with Crippen LogP contribution in [0.5, 0.6) is 17.2 Å². The van der Waals surface area contributed by atoms with Gasteiger partial charge in [0.2, 0.25) is 11.7 Å². The molecule has 0 saturated carbocycles. The van der Waals surface area contributed by atoms with E-state index in [9.17, 15) is 9.59 Å². The standard InChI is InChI=1S/C17H21NO5/c1-21-14-10-12(11-15(22-2)17(14)23-3)4-5-16(20)18-8-6-13(19)7-9-18/h4-5,10-11H,6-9H2,1-3H3/b5-4+. The highest BCUT2D eigenvalue weighted by Gasteiger charge is 2.19. The van der Waals surface area contributed by atoms with Gasteiger partial charge in [-0.15, -0.1) is 0 Å². The predicted molar refractivity (Wildman–Crippen MR) is 86.0 cm³/mol. The minimum absolute atomic E-state index is 0.105. The number of ketones is 1. The third kappa shape index (κ3) is 4.03. The Hall–Kier alpha value is -2.50. The Bertz CT molecular complexity index is 588. The molecule has 23 heavy (non-hydrogen) atoms. The number of nitrogens with zero attached hydrogens (tertiary/aromatic N) is 1. The van der Waals surface area contributed by atoms with E-state index in [2.05, 4.69) is 0 Å². The molecule has 0 atom stereocenters. The molecular weight excluding hydrogens is 298 g/mol. The average Bonchev–Trinajstić information content (AvgIpc) is 2.59. The molecule has 1 amide bonds. The zero-order valence-electron chi connectivity index (χ0n) is 13.6. The van der Waals surface area contributed by atoms with Gasteiger partial charge in [0.25, 0.3) is 0 Å². The molecule has 1 saturated heterocycles. The molecule has 2 rings (SSSR count). The van der Waals surface area contributed by atoms with Gasteiger partial charge >= 0.3 is 0 Å². The van der Waals surface area contributed by atoms with Gasteiger partial charge in [0.15, 0.2) is 11.5 Å². The van der Waals surface area contributed by atoms with Crippen LogP contribution in [0.15, 0.2) is 18.2 Å². The Labute approximate surface area is 135 Å². The molecule has 1 aromatic rings. The Morgan fingerprint density at radius 3 is 2.09 bits per heavy atom. The molecule has 124 valence electrons. The number of hydrogen-bond acceptors (Lipinski definition) is 5.